The second-order valence-electron chi connectivity index (χ2n) is 6.17. The lowest BCUT2D eigenvalue weighted by Crippen LogP contribution is -2.52. The van der Waals surface area contributed by atoms with Gasteiger partial charge in [-0.25, -0.2) is 4.79 Å². The maximum absolute atomic E-state index is 12.2. The summed E-state index contributed by atoms with van der Waals surface area (Å²) in [5, 5.41) is 12.3. The summed E-state index contributed by atoms with van der Waals surface area (Å²) < 4.78 is 0. The largest absolute Gasteiger partial charge is 0.481 e. The number of carboxylic acids is 1. The van der Waals surface area contributed by atoms with E-state index in [4.69, 9.17) is 0 Å². The lowest BCUT2D eigenvalue weighted by atomic mass is 9.85. The topological polar surface area (TPSA) is 69.6 Å². The Morgan fingerprint density at radius 2 is 1.84 bits per heavy atom. The third kappa shape index (κ3) is 2.69. The maximum Gasteiger partial charge on any atom is 0.317 e. The molecule has 0 bridgehead atoms. The predicted octanol–water partition coefficient (Wildman–Crippen LogP) is 2.21. The summed E-state index contributed by atoms with van der Waals surface area (Å²) in [4.78, 5) is 25.4. The molecule has 0 aromatic rings. The number of amides is 2. The van der Waals surface area contributed by atoms with Crippen LogP contribution in [-0.2, 0) is 4.79 Å². The van der Waals surface area contributed by atoms with Gasteiger partial charge in [0.15, 0.2) is 0 Å². The van der Waals surface area contributed by atoms with Crippen LogP contribution < -0.4 is 5.32 Å². The molecule has 2 rings (SSSR count). The van der Waals surface area contributed by atoms with E-state index in [9.17, 15) is 14.7 Å². The number of nitrogens with one attached hydrogen (secondary N) is 1. The molecular formula is C14H24N2O3. The Kier molecular flexibility index (Phi) is 4.02. The standard InChI is InChI=1S/C14H24N2O3/c1-14(12(17)18)9-5-8-11(14)15-13(19)16(2)10-6-3-4-7-10/h10-11H,3-9H2,1-2H3,(H,15,19)(H,17,18). The van der Waals surface area contributed by atoms with Crippen LogP contribution in [0.1, 0.15) is 51.9 Å². The minimum Gasteiger partial charge on any atom is -0.481 e. The molecule has 0 heterocycles. The van der Waals surface area contributed by atoms with Crippen molar-refractivity contribution in [2.75, 3.05) is 7.05 Å². The molecule has 2 atom stereocenters. The summed E-state index contributed by atoms with van der Waals surface area (Å²) in [6.45, 7) is 1.74. The Morgan fingerprint density at radius 1 is 1.21 bits per heavy atom. The number of hydrogen-bond acceptors (Lipinski definition) is 2. The average molecular weight is 268 g/mol. The zero-order chi connectivity index (χ0) is 14.0. The zero-order valence-electron chi connectivity index (χ0n) is 11.8. The maximum atomic E-state index is 12.2. The molecule has 5 heteroatoms. The van der Waals surface area contributed by atoms with Crippen molar-refractivity contribution in [3.63, 3.8) is 0 Å². The van der Waals surface area contributed by atoms with E-state index in [1.807, 2.05) is 7.05 Å². The summed E-state index contributed by atoms with van der Waals surface area (Å²) >= 11 is 0. The fourth-order valence-electron chi connectivity index (χ4n) is 3.36. The summed E-state index contributed by atoms with van der Waals surface area (Å²) in [6, 6.07) is -0.0508. The molecule has 2 aliphatic carbocycles. The molecule has 0 aromatic heterocycles. The molecule has 5 nitrogen and oxygen atoms in total. The van der Waals surface area contributed by atoms with Crippen LogP contribution in [0.15, 0.2) is 0 Å². The van der Waals surface area contributed by atoms with E-state index in [0.717, 1.165) is 25.7 Å². The molecule has 0 aliphatic heterocycles. The van der Waals surface area contributed by atoms with Crippen molar-refractivity contribution < 1.29 is 14.7 Å². The Labute approximate surface area is 114 Å². The van der Waals surface area contributed by atoms with E-state index in [-0.39, 0.29) is 12.1 Å². The highest BCUT2D eigenvalue weighted by molar-refractivity contribution is 5.79. The van der Waals surface area contributed by atoms with Crippen molar-refractivity contribution in [1.82, 2.24) is 10.2 Å². The first-order chi connectivity index (χ1) is 8.95. The molecule has 2 unspecified atom stereocenters. The van der Waals surface area contributed by atoms with Crippen molar-refractivity contribution in [3.8, 4) is 0 Å². The first-order valence-corrected chi connectivity index (χ1v) is 7.22. The van der Waals surface area contributed by atoms with Gasteiger partial charge in [-0.3, -0.25) is 4.79 Å². The molecule has 2 saturated carbocycles. The molecule has 2 amide bonds. The van der Waals surface area contributed by atoms with Crippen LogP contribution in [0.4, 0.5) is 4.79 Å². The van der Waals surface area contributed by atoms with E-state index in [1.165, 1.54) is 12.8 Å². The fraction of sp³-hybridized carbons (Fsp3) is 0.857. The molecule has 108 valence electrons. The van der Waals surface area contributed by atoms with E-state index >= 15 is 0 Å². The minimum atomic E-state index is -0.813. The third-order valence-corrected chi connectivity index (χ3v) is 4.94. The number of carbonyl (C=O) groups excluding carboxylic acids is 1. The van der Waals surface area contributed by atoms with Gasteiger partial charge in [0.2, 0.25) is 0 Å². The normalized spacial score (nSPS) is 31.4. The Balaban J connectivity index is 1.96. The molecule has 0 radical (unpaired) electrons. The van der Waals surface area contributed by atoms with Crippen LogP contribution in [-0.4, -0.2) is 41.1 Å². The number of carbonyl (C=O) groups is 2. The van der Waals surface area contributed by atoms with Gasteiger partial charge in [0.05, 0.1) is 5.41 Å². The first kappa shape index (κ1) is 14.2. The van der Waals surface area contributed by atoms with Crippen LogP contribution >= 0.6 is 0 Å². The van der Waals surface area contributed by atoms with Crippen LogP contribution in [0, 0.1) is 5.41 Å². The molecule has 19 heavy (non-hydrogen) atoms. The van der Waals surface area contributed by atoms with Crippen molar-refractivity contribution >= 4 is 12.0 Å². The van der Waals surface area contributed by atoms with Gasteiger partial charge in [-0.2, -0.15) is 0 Å². The highest BCUT2D eigenvalue weighted by Gasteiger charge is 2.46. The van der Waals surface area contributed by atoms with Crippen molar-refractivity contribution in [2.24, 2.45) is 5.41 Å². The smallest absolute Gasteiger partial charge is 0.317 e. The molecule has 2 fully saturated rings. The average Bonchev–Trinajstić information content (AvgIpc) is 2.99. The van der Waals surface area contributed by atoms with Crippen LogP contribution in [0.25, 0.3) is 0 Å². The van der Waals surface area contributed by atoms with Gasteiger partial charge in [-0.1, -0.05) is 19.3 Å². The van der Waals surface area contributed by atoms with Gasteiger partial charge in [0.25, 0.3) is 0 Å². The lowest BCUT2D eigenvalue weighted by Gasteiger charge is -2.31. The van der Waals surface area contributed by atoms with Gasteiger partial charge in [0, 0.05) is 19.1 Å². The van der Waals surface area contributed by atoms with E-state index in [1.54, 1.807) is 11.8 Å². The van der Waals surface area contributed by atoms with Crippen LogP contribution in [0.3, 0.4) is 0 Å². The second-order valence-corrected chi connectivity index (χ2v) is 6.17. The summed E-state index contributed by atoms with van der Waals surface area (Å²) in [6.07, 6.45) is 6.74. The second kappa shape index (κ2) is 5.39. The fourth-order valence-corrected chi connectivity index (χ4v) is 3.36. The number of urea groups is 1. The van der Waals surface area contributed by atoms with Gasteiger partial charge >= 0.3 is 12.0 Å². The monoisotopic (exact) mass is 268 g/mol. The van der Waals surface area contributed by atoms with Gasteiger partial charge in [-0.05, 0) is 32.6 Å². The summed E-state index contributed by atoms with van der Waals surface area (Å²) in [5.41, 5.74) is -0.813. The first-order valence-electron chi connectivity index (χ1n) is 7.22. The molecular weight excluding hydrogens is 244 g/mol. The third-order valence-electron chi connectivity index (χ3n) is 4.94. The molecule has 0 spiro atoms. The SMILES string of the molecule is CN(C(=O)NC1CCCC1(C)C(=O)O)C1CCCC1. The molecule has 0 saturated heterocycles. The lowest BCUT2D eigenvalue weighted by molar-refractivity contribution is -0.148. The van der Waals surface area contributed by atoms with Crippen molar-refractivity contribution in [2.45, 2.75) is 64.0 Å². The zero-order valence-corrected chi connectivity index (χ0v) is 11.8. The Hall–Kier alpha value is -1.26. The summed E-state index contributed by atoms with van der Waals surface area (Å²) in [7, 11) is 1.82. The van der Waals surface area contributed by atoms with Crippen molar-refractivity contribution in [3.05, 3.63) is 0 Å². The molecule has 2 N–H and O–H groups in total. The molecule has 0 aromatic carbocycles. The number of carboxylic acid groups (broad SMARTS) is 1. The van der Waals surface area contributed by atoms with Gasteiger partial charge in [-0.15, -0.1) is 0 Å². The van der Waals surface area contributed by atoms with E-state index < -0.39 is 11.4 Å². The van der Waals surface area contributed by atoms with Crippen LogP contribution in [0.2, 0.25) is 0 Å². The summed E-state index contributed by atoms with van der Waals surface area (Å²) in [5.74, 6) is -0.807. The van der Waals surface area contributed by atoms with Gasteiger partial charge in [0.1, 0.15) is 0 Å². The highest BCUT2D eigenvalue weighted by atomic mass is 16.4. The van der Waals surface area contributed by atoms with Gasteiger partial charge < -0.3 is 15.3 Å². The number of nitrogens with zero attached hydrogens (tertiary/aromatic N) is 1. The number of hydrogen-bond donors (Lipinski definition) is 2. The minimum absolute atomic E-state index is 0.119. The van der Waals surface area contributed by atoms with E-state index in [2.05, 4.69) is 5.32 Å². The van der Waals surface area contributed by atoms with Crippen molar-refractivity contribution in [1.29, 1.82) is 0 Å². The Morgan fingerprint density at radius 3 is 2.42 bits per heavy atom. The highest BCUT2D eigenvalue weighted by Crippen LogP contribution is 2.38. The van der Waals surface area contributed by atoms with E-state index in [0.29, 0.717) is 12.5 Å². The van der Waals surface area contributed by atoms with Crippen LogP contribution in [0.5, 0.6) is 0 Å². The quantitative estimate of drug-likeness (QED) is 0.824. The number of rotatable bonds is 3. The molecule has 2 aliphatic rings. The Bertz CT molecular complexity index is 366. The predicted molar refractivity (Wildman–Crippen MR) is 71.9 cm³/mol. The number of aliphatic carboxylic acids is 1.